The molecule has 1 N–H and O–H groups in total. The van der Waals surface area contributed by atoms with Crippen LogP contribution in [0.3, 0.4) is 0 Å². The number of carbonyl (C=O) groups excluding carboxylic acids is 1. The van der Waals surface area contributed by atoms with Crippen molar-refractivity contribution in [3.63, 3.8) is 0 Å². The Labute approximate surface area is 65.5 Å². The fourth-order valence-corrected chi connectivity index (χ4v) is 1.72. The SMILES string of the molecule is CCN1C(=O)OCC12CNC2. The van der Waals surface area contributed by atoms with Crippen LogP contribution in [0.5, 0.6) is 0 Å². The van der Waals surface area contributed by atoms with E-state index in [1.54, 1.807) is 0 Å². The normalized spacial score (nSPS) is 27.0. The van der Waals surface area contributed by atoms with E-state index in [0.717, 1.165) is 19.6 Å². The molecule has 2 heterocycles. The third-order valence-electron chi connectivity index (χ3n) is 2.48. The highest BCUT2D eigenvalue weighted by atomic mass is 16.6. The summed E-state index contributed by atoms with van der Waals surface area (Å²) in [6.07, 6.45) is -0.158. The van der Waals surface area contributed by atoms with Crippen LogP contribution >= 0.6 is 0 Å². The van der Waals surface area contributed by atoms with Crippen LogP contribution in [0.15, 0.2) is 0 Å². The zero-order valence-corrected chi connectivity index (χ0v) is 6.59. The quantitative estimate of drug-likeness (QED) is 0.571. The van der Waals surface area contributed by atoms with Gasteiger partial charge in [0.2, 0.25) is 0 Å². The highest BCUT2D eigenvalue weighted by molar-refractivity contribution is 5.71. The van der Waals surface area contributed by atoms with Crippen LogP contribution in [0.2, 0.25) is 0 Å². The van der Waals surface area contributed by atoms with E-state index in [2.05, 4.69) is 5.32 Å². The van der Waals surface area contributed by atoms with E-state index in [9.17, 15) is 4.79 Å². The Morgan fingerprint density at radius 1 is 1.73 bits per heavy atom. The first-order valence-electron chi connectivity index (χ1n) is 3.94. The van der Waals surface area contributed by atoms with Crippen LogP contribution in [0.1, 0.15) is 6.92 Å². The van der Waals surface area contributed by atoms with Gasteiger partial charge in [0.25, 0.3) is 0 Å². The van der Waals surface area contributed by atoms with Gasteiger partial charge in [-0.15, -0.1) is 0 Å². The first-order chi connectivity index (χ1) is 5.28. The van der Waals surface area contributed by atoms with Gasteiger partial charge in [0.05, 0.1) is 0 Å². The Morgan fingerprint density at radius 2 is 2.45 bits per heavy atom. The second-order valence-corrected chi connectivity index (χ2v) is 3.13. The van der Waals surface area contributed by atoms with Gasteiger partial charge in [-0.1, -0.05) is 0 Å². The van der Waals surface area contributed by atoms with Crippen LogP contribution < -0.4 is 5.32 Å². The Kier molecular flexibility index (Phi) is 1.32. The molecular formula is C7H12N2O2. The molecule has 0 aromatic heterocycles. The molecule has 11 heavy (non-hydrogen) atoms. The molecule has 0 atom stereocenters. The van der Waals surface area contributed by atoms with Crippen molar-refractivity contribution in [2.45, 2.75) is 12.5 Å². The van der Waals surface area contributed by atoms with Gasteiger partial charge in [-0.25, -0.2) is 4.79 Å². The van der Waals surface area contributed by atoms with Crippen LogP contribution in [-0.2, 0) is 4.74 Å². The van der Waals surface area contributed by atoms with Crippen LogP contribution in [0.25, 0.3) is 0 Å². The third kappa shape index (κ3) is 0.758. The van der Waals surface area contributed by atoms with Gasteiger partial charge in [0.1, 0.15) is 12.1 Å². The number of nitrogens with one attached hydrogen (secondary N) is 1. The summed E-state index contributed by atoms with van der Waals surface area (Å²) >= 11 is 0. The highest BCUT2D eigenvalue weighted by Crippen LogP contribution is 2.27. The molecule has 2 aliphatic heterocycles. The zero-order chi connectivity index (χ0) is 7.90. The summed E-state index contributed by atoms with van der Waals surface area (Å²) in [5.74, 6) is 0. The number of carbonyl (C=O) groups is 1. The summed E-state index contributed by atoms with van der Waals surface area (Å²) in [7, 11) is 0. The van der Waals surface area contributed by atoms with E-state index >= 15 is 0 Å². The fourth-order valence-electron chi connectivity index (χ4n) is 1.72. The van der Waals surface area contributed by atoms with E-state index in [1.165, 1.54) is 0 Å². The lowest BCUT2D eigenvalue weighted by molar-refractivity contribution is 0.109. The maximum atomic E-state index is 11.1. The lowest BCUT2D eigenvalue weighted by Crippen LogP contribution is -2.68. The lowest BCUT2D eigenvalue weighted by atomic mass is 9.92. The van der Waals surface area contributed by atoms with Crippen molar-refractivity contribution < 1.29 is 9.53 Å². The topological polar surface area (TPSA) is 41.6 Å². The number of nitrogens with zero attached hydrogens (tertiary/aromatic N) is 1. The predicted molar refractivity (Wildman–Crippen MR) is 39.3 cm³/mol. The molecule has 4 nitrogen and oxygen atoms in total. The monoisotopic (exact) mass is 156 g/mol. The lowest BCUT2D eigenvalue weighted by Gasteiger charge is -2.42. The van der Waals surface area contributed by atoms with Crippen molar-refractivity contribution in [2.75, 3.05) is 26.2 Å². The second kappa shape index (κ2) is 2.11. The van der Waals surface area contributed by atoms with Crippen molar-refractivity contribution in [1.82, 2.24) is 10.2 Å². The summed E-state index contributed by atoms with van der Waals surface area (Å²) < 4.78 is 4.96. The number of ether oxygens (including phenoxy) is 1. The average molecular weight is 156 g/mol. The van der Waals surface area contributed by atoms with Gasteiger partial charge in [0.15, 0.2) is 0 Å². The number of amides is 1. The minimum atomic E-state index is -0.158. The molecule has 2 saturated heterocycles. The standard InChI is InChI=1S/C7H12N2O2/c1-2-9-6(10)11-5-7(9)3-8-4-7/h8H,2-5H2,1H3. The number of hydrogen-bond acceptors (Lipinski definition) is 3. The summed E-state index contributed by atoms with van der Waals surface area (Å²) in [6, 6.07) is 0. The van der Waals surface area contributed by atoms with Gasteiger partial charge < -0.3 is 10.1 Å². The van der Waals surface area contributed by atoms with Gasteiger partial charge in [-0.3, -0.25) is 4.90 Å². The van der Waals surface area contributed by atoms with Crippen molar-refractivity contribution in [3.05, 3.63) is 0 Å². The van der Waals surface area contributed by atoms with Crippen molar-refractivity contribution in [1.29, 1.82) is 0 Å². The van der Waals surface area contributed by atoms with E-state index in [-0.39, 0.29) is 11.6 Å². The largest absolute Gasteiger partial charge is 0.447 e. The zero-order valence-electron chi connectivity index (χ0n) is 6.59. The van der Waals surface area contributed by atoms with E-state index in [1.807, 2.05) is 11.8 Å². The molecule has 1 amide bonds. The van der Waals surface area contributed by atoms with E-state index in [4.69, 9.17) is 4.74 Å². The second-order valence-electron chi connectivity index (χ2n) is 3.13. The Balaban J connectivity index is 2.16. The Hall–Kier alpha value is -0.770. The summed E-state index contributed by atoms with van der Waals surface area (Å²) in [5.41, 5.74) is 0.00579. The molecule has 0 aromatic carbocycles. The molecule has 0 aliphatic carbocycles. The molecule has 0 aromatic rings. The molecule has 4 heteroatoms. The maximum Gasteiger partial charge on any atom is 0.410 e. The summed E-state index contributed by atoms with van der Waals surface area (Å²) in [4.78, 5) is 12.9. The first kappa shape index (κ1) is 6.91. The van der Waals surface area contributed by atoms with Gasteiger partial charge in [0, 0.05) is 19.6 Å². The molecule has 0 unspecified atom stereocenters. The van der Waals surface area contributed by atoms with Crippen LogP contribution in [0, 0.1) is 0 Å². The molecular weight excluding hydrogens is 144 g/mol. The molecule has 1 spiro atoms. The van der Waals surface area contributed by atoms with Crippen molar-refractivity contribution >= 4 is 6.09 Å². The molecule has 0 radical (unpaired) electrons. The fraction of sp³-hybridized carbons (Fsp3) is 0.857. The molecule has 2 fully saturated rings. The molecule has 0 bridgehead atoms. The summed E-state index contributed by atoms with van der Waals surface area (Å²) in [6.45, 7) is 5.05. The maximum absolute atomic E-state index is 11.1. The Bertz CT molecular complexity index is 189. The predicted octanol–water partition coefficient (Wildman–Crippen LogP) is -0.199. The van der Waals surface area contributed by atoms with E-state index < -0.39 is 0 Å². The minimum Gasteiger partial charge on any atom is -0.447 e. The first-order valence-corrected chi connectivity index (χ1v) is 3.94. The highest BCUT2D eigenvalue weighted by Gasteiger charge is 2.50. The smallest absolute Gasteiger partial charge is 0.410 e. The number of likely N-dealkylation sites (N-methyl/N-ethyl adjacent to an activating group) is 1. The van der Waals surface area contributed by atoms with Crippen LogP contribution in [-0.4, -0.2) is 42.8 Å². The summed E-state index contributed by atoms with van der Waals surface area (Å²) in [5, 5.41) is 3.15. The van der Waals surface area contributed by atoms with Gasteiger partial charge in [-0.05, 0) is 6.92 Å². The third-order valence-corrected chi connectivity index (χ3v) is 2.48. The molecule has 2 rings (SSSR count). The molecule has 62 valence electrons. The Morgan fingerprint density at radius 3 is 2.82 bits per heavy atom. The van der Waals surface area contributed by atoms with Crippen molar-refractivity contribution in [3.8, 4) is 0 Å². The van der Waals surface area contributed by atoms with Crippen molar-refractivity contribution in [2.24, 2.45) is 0 Å². The average Bonchev–Trinajstić information content (AvgIpc) is 2.25. The van der Waals surface area contributed by atoms with Crippen LogP contribution in [0.4, 0.5) is 4.79 Å². The number of cyclic esters (lactones) is 1. The van der Waals surface area contributed by atoms with E-state index in [0.29, 0.717) is 6.61 Å². The van der Waals surface area contributed by atoms with Gasteiger partial charge >= 0.3 is 6.09 Å². The van der Waals surface area contributed by atoms with Gasteiger partial charge in [-0.2, -0.15) is 0 Å². The number of hydrogen-bond donors (Lipinski definition) is 1. The number of rotatable bonds is 1. The molecule has 0 saturated carbocycles. The molecule has 2 aliphatic rings. The minimum absolute atomic E-state index is 0.00579.